The molecule has 0 heterocycles. The van der Waals surface area contributed by atoms with Crippen molar-refractivity contribution in [3.63, 3.8) is 0 Å². The summed E-state index contributed by atoms with van der Waals surface area (Å²) < 4.78 is 0. The molecule has 0 saturated carbocycles. The Balaban J connectivity index is 2.33. The molecule has 0 saturated heterocycles. The zero-order valence-electron chi connectivity index (χ0n) is 7.05. The van der Waals surface area contributed by atoms with E-state index in [1.165, 1.54) is 6.08 Å². The van der Waals surface area contributed by atoms with Crippen molar-refractivity contribution in [1.29, 1.82) is 0 Å². The van der Waals surface area contributed by atoms with Crippen LogP contribution in [0.25, 0.3) is 0 Å². The maximum absolute atomic E-state index is 11.3. The first-order chi connectivity index (χ1) is 6.29. The van der Waals surface area contributed by atoms with Gasteiger partial charge in [-0.1, -0.05) is 36.4 Å². The second-order valence-electron chi connectivity index (χ2n) is 3.14. The Hall–Kier alpha value is -1.41. The van der Waals surface area contributed by atoms with Crippen LogP contribution in [0.15, 0.2) is 42.5 Å². The Morgan fingerprint density at radius 1 is 1.15 bits per heavy atom. The summed E-state index contributed by atoms with van der Waals surface area (Å²) in [5.41, 5.74) is 0.880. The lowest BCUT2D eigenvalue weighted by Gasteiger charge is -2.12. The van der Waals surface area contributed by atoms with Gasteiger partial charge in [-0.3, -0.25) is 4.79 Å². The molecule has 1 aromatic rings. The zero-order chi connectivity index (χ0) is 9.26. The van der Waals surface area contributed by atoms with E-state index < -0.39 is 6.10 Å². The molecule has 0 fully saturated rings. The lowest BCUT2D eigenvalue weighted by molar-refractivity contribution is -0.116. The molecular formula is C11H10O2. The average molecular weight is 174 g/mol. The van der Waals surface area contributed by atoms with Crippen molar-refractivity contribution < 1.29 is 9.90 Å². The Bertz CT molecular complexity index is 340. The standard InChI is InChI=1S/C11H10O2/c12-9-6-7-10(13)11(9)8-4-2-1-3-5-8/h1-7,9,11-12H/t9-,11+/m1/s1. The Morgan fingerprint density at radius 2 is 1.85 bits per heavy atom. The molecule has 0 radical (unpaired) electrons. The van der Waals surface area contributed by atoms with E-state index in [9.17, 15) is 9.90 Å². The number of aliphatic hydroxyl groups excluding tert-OH is 1. The molecule has 0 aliphatic heterocycles. The van der Waals surface area contributed by atoms with Gasteiger partial charge in [0.15, 0.2) is 5.78 Å². The normalized spacial score (nSPS) is 26.7. The molecule has 2 atom stereocenters. The van der Waals surface area contributed by atoms with Gasteiger partial charge in [-0.2, -0.15) is 0 Å². The quantitative estimate of drug-likeness (QED) is 0.696. The fraction of sp³-hybridized carbons (Fsp3) is 0.182. The van der Waals surface area contributed by atoms with Crippen molar-refractivity contribution in [2.24, 2.45) is 0 Å². The predicted molar refractivity (Wildman–Crippen MR) is 49.3 cm³/mol. The van der Waals surface area contributed by atoms with Gasteiger partial charge in [0.1, 0.15) is 0 Å². The summed E-state index contributed by atoms with van der Waals surface area (Å²) in [5, 5.41) is 9.51. The Morgan fingerprint density at radius 3 is 2.38 bits per heavy atom. The predicted octanol–water partition coefficient (Wildman–Crippen LogP) is 1.27. The van der Waals surface area contributed by atoms with E-state index in [2.05, 4.69) is 0 Å². The van der Waals surface area contributed by atoms with Crippen LogP contribution in [0.4, 0.5) is 0 Å². The molecule has 2 nitrogen and oxygen atoms in total. The first-order valence-electron chi connectivity index (χ1n) is 4.24. The van der Waals surface area contributed by atoms with E-state index in [1.54, 1.807) is 6.08 Å². The van der Waals surface area contributed by atoms with E-state index >= 15 is 0 Å². The molecule has 2 heteroatoms. The number of ketones is 1. The van der Waals surface area contributed by atoms with Gasteiger partial charge in [-0.15, -0.1) is 0 Å². The van der Waals surface area contributed by atoms with E-state index in [1.807, 2.05) is 30.3 Å². The summed E-state index contributed by atoms with van der Waals surface area (Å²) >= 11 is 0. The molecule has 0 spiro atoms. The number of carbonyl (C=O) groups is 1. The van der Waals surface area contributed by atoms with Gasteiger partial charge >= 0.3 is 0 Å². The molecule has 13 heavy (non-hydrogen) atoms. The monoisotopic (exact) mass is 174 g/mol. The van der Waals surface area contributed by atoms with Gasteiger partial charge in [-0.05, 0) is 11.6 Å². The Kier molecular flexibility index (Phi) is 1.99. The molecule has 1 aromatic carbocycles. The van der Waals surface area contributed by atoms with Crippen LogP contribution in [0.1, 0.15) is 11.5 Å². The van der Waals surface area contributed by atoms with E-state index in [0.717, 1.165) is 5.56 Å². The number of benzene rings is 1. The highest BCUT2D eigenvalue weighted by atomic mass is 16.3. The minimum absolute atomic E-state index is 0.0151. The summed E-state index contributed by atoms with van der Waals surface area (Å²) in [4.78, 5) is 11.3. The van der Waals surface area contributed by atoms with Gasteiger partial charge in [0.25, 0.3) is 0 Å². The largest absolute Gasteiger partial charge is 0.388 e. The second kappa shape index (κ2) is 3.15. The van der Waals surface area contributed by atoms with Crippen LogP contribution >= 0.6 is 0 Å². The number of rotatable bonds is 1. The summed E-state index contributed by atoms with van der Waals surface area (Å²) in [6.45, 7) is 0. The molecule has 1 aliphatic carbocycles. The highest BCUT2D eigenvalue weighted by Crippen LogP contribution is 2.26. The molecule has 66 valence electrons. The van der Waals surface area contributed by atoms with Crippen LogP contribution in [-0.2, 0) is 4.79 Å². The van der Waals surface area contributed by atoms with Gasteiger partial charge in [0.2, 0.25) is 0 Å². The number of allylic oxidation sites excluding steroid dienone is 1. The molecule has 0 amide bonds. The molecule has 1 N–H and O–H groups in total. The maximum atomic E-state index is 11.3. The topological polar surface area (TPSA) is 37.3 Å². The number of aliphatic hydroxyl groups is 1. The summed E-state index contributed by atoms with van der Waals surface area (Å²) in [5.74, 6) is -0.403. The summed E-state index contributed by atoms with van der Waals surface area (Å²) in [7, 11) is 0. The average Bonchev–Trinajstić information content (AvgIpc) is 2.48. The maximum Gasteiger partial charge on any atom is 0.165 e. The third kappa shape index (κ3) is 1.40. The van der Waals surface area contributed by atoms with E-state index in [4.69, 9.17) is 0 Å². The molecule has 0 aromatic heterocycles. The van der Waals surface area contributed by atoms with Crippen LogP contribution in [0.2, 0.25) is 0 Å². The van der Waals surface area contributed by atoms with Crippen LogP contribution < -0.4 is 0 Å². The van der Waals surface area contributed by atoms with Gasteiger partial charge in [-0.25, -0.2) is 0 Å². The van der Waals surface area contributed by atoms with Crippen LogP contribution in [0.5, 0.6) is 0 Å². The van der Waals surface area contributed by atoms with E-state index in [0.29, 0.717) is 0 Å². The lowest BCUT2D eigenvalue weighted by Crippen LogP contribution is -2.17. The molecule has 2 rings (SSSR count). The molecule has 0 unspecified atom stereocenters. The second-order valence-corrected chi connectivity index (χ2v) is 3.14. The van der Waals surface area contributed by atoms with Gasteiger partial charge in [0, 0.05) is 0 Å². The zero-order valence-corrected chi connectivity index (χ0v) is 7.05. The first kappa shape index (κ1) is 8.20. The fourth-order valence-corrected chi connectivity index (χ4v) is 1.60. The number of hydrogen-bond donors (Lipinski definition) is 1. The van der Waals surface area contributed by atoms with Crippen molar-refractivity contribution in [3.05, 3.63) is 48.0 Å². The van der Waals surface area contributed by atoms with Crippen molar-refractivity contribution >= 4 is 5.78 Å². The summed E-state index contributed by atoms with van der Waals surface area (Å²) in [6, 6.07) is 9.35. The lowest BCUT2D eigenvalue weighted by atomic mass is 9.94. The minimum Gasteiger partial charge on any atom is -0.388 e. The number of hydrogen-bond acceptors (Lipinski definition) is 2. The van der Waals surface area contributed by atoms with Crippen molar-refractivity contribution in [2.45, 2.75) is 12.0 Å². The van der Waals surface area contributed by atoms with Crippen molar-refractivity contribution in [1.82, 2.24) is 0 Å². The number of carbonyl (C=O) groups excluding carboxylic acids is 1. The Labute approximate surface area is 76.5 Å². The first-order valence-corrected chi connectivity index (χ1v) is 4.24. The van der Waals surface area contributed by atoms with Crippen LogP contribution in [-0.4, -0.2) is 17.0 Å². The highest BCUT2D eigenvalue weighted by molar-refractivity contribution is 5.98. The van der Waals surface area contributed by atoms with E-state index in [-0.39, 0.29) is 11.7 Å². The van der Waals surface area contributed by atoms with Gasteiger partial charge < -0.3 is 5.11 Å². The summed E-state index contributed by atoms with van der Waals surface area (Å²) in [6.07, 6.45) is 2.33. The van der Waals surface area contributed by atoms with Crippen LogP contribution in [0.3, 0.4) is 0 Å². The third-order valence-corrected chi connectivity index (χ3v) is 2.26. The molecular weight excluding hydrogens is 164 g/mol. The van der Waals surface area contributed by atoms with Crippen LogP contribution in [0, 0.1) is 0 Å². The minimum atomic E-state index is -0.658. The smallest absolute Gasteiger partial charge is 0.165 e. The van der Waals surface area contributed by atoms with Crippen molar-refractivity contribution in [2.75, 3.05) is 0 Å². The molecule has 0 bridgehead atoms. The fourth-order valence-electron chi connectivity index (χ4n) is 1.60. The van der Waals surface area contributed by atoms with Gasteiger partial charge in [0.05, 0.1) is 12.0 Å². The van der Waals surface area contributed by atoms with Crippen molar-refractivity contribution in [3.8, 4) is 0 Å². The third-order valence-electron chi connectivity index (χ3n) is 2.26. The highest BCUT2D eigenvalue weighted by Gasteiger charge is 2.29. The molecule has 1 aliphatic rings. The SMILES string of the molecule is O=C1C=C[C@@H](O)[C@@H]1c1ccccc1.